The van der Waals surface area contributed by atoms with Crippen LogP contribution in [0, 0.1) is 5.41 Å². The molecule has 5 rings (SSSR count). The third kappa shape index (κ3) is 5.10. The standard InChI is InChI=1S/C26H36N6O3/c1-19(2)23-28-29-24(35-23)21-16-26(18-32(21)17-22(33)30-12-4-3-5-13-30)8-14-31(15-9-26)25(34)20-6-10-27-11-7-20/h6-7,10-11,19,21H,3-5,8-9,12-18H2,1-2H3. The first-order chi connectivity index (χ1) is 16.9. The highest BCUT2D eigenvalue weighted by Gasteiger charge is 2.49. The van der Waals surface area contributed by atoms with Gasteiger partial charge in [0.1, 0.15) is 0 Å². The van der Waals surface area contributed by atoms with Gasteiger partial charge in [-0.25, -0.2) is 0 Å². The van der Waals surface area contributed by atoms with Gasteiger partial charge in [0.25, 0.3) is 5.91 Å². The van der Waals surface area contributed by atoms with Crippen LogP contribution in [0.15, 0.2) is 28.9 Å². The van der Waals surface area contributed by atoms with Crippen molar-refractivity contribution >= 4 is 11.8 Å². The van der Waals surface area contributed by atoms with E-state index in [1.165, 1.54) is 6.42 Å². The number of likely N-dealkylation sites (tertiary alicyclic amines) is 3. The summed E-state index contributed by atoms with van der Waals surface area (Å²) in [6, 6.07) is 3.48. The number of aromatic nitrogens is 3. The van der Waals surface area contributed by atoms with Crippen molar-refractivity contribution in [2.45, 2.75) is 64.3 Å². The summed E-state index contributed by atoms with van der Waals surface area (Å²) < 4.78 is 6.08. The zero-order valence-electron chi connectivity index (χ0n) is 20.9. The number of rotatable bonds is 5. The van der Waals surface area contributed by atoms with Crippen molar-refractivity contribution < 1.29 is 14.0 Å². The SMILES string of the molecule is CC(C)c1nnc(C2CC3(CCN(C(=O)c4ccncc4)CC3)CN2CC(=O)N2CCCCC2)o1. The molecule has 2 aromatic rings. The van der Waals surface area contributed by atoms with Crippen LogP contribution >= 0.6 is 0 Å². The minimum atomic E-state index is -0.0637. The van der Waals surface area contributed by atoms with E-state index >= 15 is 0 Å². The lowest BCUT2D eigenvalue weighted by Gasteiger charge is -2.39. The molecule has 1 atom stereocenters. The van der Waals surface area contributed by atoms with Crippen molar-refractivity contribution in [2.75, 3.05) is 39.3 Å². The van der Waals surface area contributed by atoms with E-state index in [9.17, 15) is 9.59 Å². The second-order valence-electron chi connectivity index (χ2n) is 10.7. The summed E-state index contributed by atoms with van der Waals surface area (Å²) >= 11 is 0. The first-order valence-corrected chi connectivity index (χ1v) is 13.0. The predicted octanol–water partition coefficient (Wildman–Crippen LogP) is 3.27. The number of carbonyl (C=O) groups is 2. The summed E-state index contributed by atoms with van der Waals surface area (Å²) in [5.74, 6) is 1.68. The Labute approximate surface area is 206 Å². The maximum atomic E-state index is 13.2. The van der Waals surface area contributed by atoms with Gasteiger partial charge in [-0.1, -0.05) is 13.8 Å². The highest BCUT2D eigenvalue weighted by atomic mass is 16.4. The molecule has 0 N–H and O–H groups in total. The minimum Gasteiger partial charge on any atom is -0.423 e. The maximum absolute atomic E-state index is 13.2. The van der Waals surface area contributed by atoms with E-state index in [1.807, 2.05) is 23.6 Å². The highest BCUT2D eigenvalue weighted by molar-refractivity contribution is 5.94. The van der Waals surface area contributed by atoms with Crippen molar-refractivity contribution in [1.29, 1.82) is 0 Å². The fourth-order valence-corrected chi connectivity index (χ4v) is 5.81. The van der Waals surface area contributed by atoms with Gasteiger partial charge in [-0.2, -0.15) is 0 Å². The summed E-state index contributed by atoms with van der Waals surface area (Å²) in [7, 11) is 0. The van der Waals surface area contributed by atoms with Gasteiger partial charge < -0.3 is 14.2 Å². The Morgan fingerprint density at radius 2 is 1.74 bits per heavy atom. The number of carbonyl (C=O) groups excluding carboxylic acids is 2. The molecule has 35 heavy (non-hydrogen) atoms. The number of piperidine rings is 2. The van der Waals surface area contributed by atoms with Crippen LogP contribution in [-0.2, 0) is 4.79 Å². The second kappa shape index (κ2) is 10.0. The molecule has 0 aliphatic carbocycles. The van der Waals surface area contributed by atoms with Gasteiger partial charge in [0, 0.05) is 56.6 Å². The third-order valence-electron chi connectivity index (χ3n) is 7.93. The van der Waals surface area contributed by atoms with Crippen molar-refractivity contribution in [2.24, 2.45) is 5.41 Å². The van der Waals surface area contributed by atoms with Crippen LogP contribution in [0.25, 0.3) is 0 Å². The Balaban J connectivity index is 1.30. The Morgan fingerprint density at radius 3 is 2.40 bits per heavy atom. The predicted molar refractivity (Wildman–Crippen MR) is 130 cm³/mol. The Kier molecular flexibility index (Phi) is 6.86. The quantitative estimate of drug-likeness (QED) is 0.648. The molecule has 1 spiro atoms. The molecule has 3 aliphatic heterocycles. The highest BCUT2D eigenvalue weighted by Crippen LogP contribution is 2.49. The number of pyridine rings is 1. The fraction of sp³-hybridized carbons (Fsp3) is 0.654. The van der Waals surface area contributed by atoms with Gasteiger partial charge in [-0.15, -0.1) is 10.2 Å². The zero-order valence-corrected chi connectivity index (χ0v) is 20.9. The lowest BCUT2D eigenvalue weighted by molar-refractivity contribution is -0.133. The first kappa shape index (κ1) is 23.9. The Morgan fingerprint density at radius 1 is 1.03 bits per heavy atom. The monoisotopic (exact) mass is 480 g/mol. The molecule has 9 nitrogen and oxygen atoms in total. The number of hydrogen-bond donors (Lipinski definition) is 0. The first-order valence-electron chi connectivity index (χ1n) is 13.0. The molecule has 0 aromatic carbocycles. The van der Waals surface area contributed by atoms with Crippen LogP contribution in [0.2, 0.25) is 0 Å². The topological polar surface area (TPSA) is 95.7 Å². The van der Waals surface area contributed by atoms with Crippen molar-refractivity contribution in [3.63, 3.8) is 0 Å². The molecule has 2 aromatic heterocycles. The molecule has 3 aliphatic rings. The summed E-state index contributed by atoms with van der Waals surface area (Å²) in [4.78, 5) is 36.3. The third-order valence-corrected chi connectivity index (χ3v) is 7.93. The van der Waals surface area contributed by atoms with Gasteiger partial charge in [0.15, 0.2) is 0 Å². The molecule has 0 bridgehead atoms. The Bertz CT molecular complexity index is 1020. The van der Waals surface area contributed by atoms with E-state index in [4.69, 9.17) is 4.42 Å². The van der Waals surface area contributed by atoms with E-state index in [-0.39, 0.29) is 29.2 Å². The zero-order chi connectivity index (χ0) is 24.4. The molecular weight excluding hydrogens is 444 g/mol. The van der Waals surface area contributed by atoms with Crippen LogP contribution in [0.3, 0.4) is 0 Å². The molecule has 0 radical (unpaired) electrons. The normalized spacial score (nSPS) is 22.8. The van der Waals surface area contributed by atoms with E-state index in [1.54, 1.807) is 24.5 Å². The van der Waals surface area contributed by atoms with E-state index in [2.05, 4.69) is 20.1 Å². The van der Waals surface area contributed by atoms with Crippen LogP contribution < -0.4 is 0 Å². The maximum Gasteiger partial charge on any atom is 0.253 e. The average Bonchev–Trinajstić information content (AvgIpc) is 3.51. The molecule has 0 saturated carbocycles. The number of amides is 2. The smallest absolute Gasteiger partial charge is 0.253 e. The van der Waals surface area contributed by atoms with Crippen LogP contribution in [0.5, 0.6) is 0 Å². The van der Waals surface area contributed by atoms with Gasteiger partial charge >= 0.3 is 0 Å². The lowest BCUT2D eigenvalue weighted by Crippen LogP contribution is -2.46. The van der Waals surface area contributed by atoms with E-state index < -0.39 is 0 Å². The van der Waals surface area contributed by atoms with Gasteiger partial charge in [0.2, 0.25) is 17.7 Å². The lowest BCUT2D eigenvalue weighted by atomic mass is 9.76. The fourth-order valence-electron chi connectivity index (χ4n) is 5.81. The molecule has 1 unspecified atom stereocenters. The van der Waals surface area contributed by atoms with Crippen LogP contribution in [-0.4, -0.2) is 81.0 Å². The molecule has 9 heteroatoms. The van der Waals surface area contributed by atoms with Crippen molar-refractivity contribution in [3.8, 4) is 0 Å². The summed E-state index contributed by atoms with van der Waals surface area (Å²) in [5, 5.41) is 8.67. The number of nitrogens with zero attached hydrogens (tertiary/aromatic N) is 6. The summed E-state index contributed by atoms with van der Waals surface area (Å²) in [6.07, 6.45) is 9.37. The van der Waals surface area contributed by atoms with Crippen LogP contribution in [0.4, 0.5) is 0 Å². The molecule has 188 valence electrons. The van der Waals surface area contributed by atoms with Crippen molar-refractivity contribution in [3.05, 3.63) is 41.9 Å². The van der Waals surface area contributed by atoms with Gasteiger partial charge in [0.05, 0.1) is 12.6 Å². The van der Waals surface area contributed by atoms with E-state index in [0.29, 0.717) is 37.0 Å². The van der Waals surface area contributed by atoms with Crippen LogP contribution in [0.1, 0.15) is 86.5 Å². The van der Waals surface area contributed by atoms with Gasteiger partial charge in [-0.3, -0.25) is 19.5 Å². The number of hydrogen-bond acceptors (Lipinski definition) is 7. The van der Waals surface area contributed by atoms with E-state index in [0.717, 1.165) is 51.7 Å². The van der Waals surface area contributed by atoms with Gasteiger partial charge in [-0.05, 0) is 56.1 Å². The summed E-state index contributed by atoms with van der Waals surface area (Å²) in [6.45, 7) is 8.41. The molecule has 5 heterocycles. The molecule has 3 fully saturated rings. The molecule has 2 amide bonds. The minimum absolute atomic E-state index is 0.0360. The molecular formula is C26H36N6O3. The summed E-state index contributed by atoms with van der Waals surface area (Å²) in [5.41, 5.74) is 0.718. The Hall–Kier alpha value is -2.81. The largest absolute Gasteiger partial charge is 0.423 e. The molecule has 3 saturated heterocycles. The second-order valence-corrected chi connectivity index (χ2v) is 10.7. The van der Waals surface area contributed by atoms with Crippen molar-refractivity contribution in [1.82, 2.24) is 29.9 Å². The average molecular weight is 481 g/mol.